The van der Waals surface area contributed by atoms with Crippen molar-refractivity contribution in [3.63, 3.8) is 0 Å². The van der Waals surface area contributed by atoms with Crippen LogP contribution in [0.3, 0.4) is 0 Å². The summed E-state index contributed by atoms with van der Waals surface area (Å²) >= 11 is 3.62. The summed E-state index contributed by atoms with van der Waals surface area (Å²) in [5.41, 5.74) is 9.12. The molecule has 1 aliphatic heterocycles. The number of hydrogen-bond donors (Lipinski definition) is 1. The molecule has 25 heavy (non-hydrogen) atoms. The summed E-state index contributed by atoms with van der Waals surface area (Å²) in [6.07, 6.45) is 7.42. The van der Waals surface area contributed by atoms with Crippen molar-refractivity contribution in [2.75, 3.05) is 7.11 Å². The Kier molecular flexibility index (Phi) is 4.00. The summed E-state index contributed by atoms with van der Waals surface area (Å²) in [6, 6.07) is 16.4. The maximum absolute atomic E-state index is 6.33. The minimum Gasteiger partial charge on any atom is -0.497 e. The fraction of sp³-hybridized carbons (Fsp3) is 0.190. The SMILES string of the molecule is COc1ccc(C2(C3C=C(Br)C=CC3)N=C(N)c3ccccc32)cc1. The zero-order valence-corrected chi connectivity index (χ0v) is 15.5. The predicted molar refractivity (Wildman–Crippen MR) is 105 cm³/mol. The van der Waals surface area contributed by atoms with Gasteiger partial charge >= 0.3 is 0 Å². The molecule has 0 radical (unpaired) electrons. The van der Waals surface area contributed by atoms with Crippen LogP contribution in [-0.4, -0.2) is 12.9 Å². The van der Waals surface area contributed by atoms with Gasteiger partial charge in [0.15, 0.2) is 0 Å². The highest BCUT2D eigenvalue weighted by atomic mass is 79.9. The molecule has 2 atom stereocenters. The van der Waals surface area contributed by atoms with Gasteiger partial charge in [-0.2, -0.15) is 0 Å². The minimum absolute atomic E-state index is 0.183. The zero-order chi connectivity index (χ0) is 17.4. The second-order valence-electron chi connectivity index (χ2n) is 6.33. The van der Waals surface area contributed by atoms with E-state index in [0.717, 1.165) is 33.3 Å². The summed E-state index contributed by atoms with van der Waals surface area (Å²) < 4.78 is 6.41. The number of halogens is 1. The topological polar surface area (TPSA) is 47.6 Å². The van der Waals surface area contributed by atoms with Gasteiger partial charge in [-0.15, -0.1) is 0 Å². The van der Waals surface area contributed by atoms with Crippen LogP contribution in [0, 0.1) is 5.92 Å². The van der Waals surface area contributed by atoms with Gasteiger partial charge in [0.05, 0.1) is 7.11 Å². The highest BCUT2D eigenvalue weighted by Crippen LogP contribution is 2.49. The number of methoxy groups -OCH3 is 1. The Balaban J connectivity index is 1.95. The molecule has 126 valence electrons. The van der Waals surface area contributed by atoms with Crippen LogP contribution >= 0.6 is 15.9 Å². The number of ether oxygens (including phenoxy) is 1. The van der Waals surface area contributed by atoms with Crippen molar-refractivity contribution >= 4 is 21.8 Å². The van der Waals surface area contributed by atoms with Gasteiger partial charge in [0.25, 0.3) is 0 Å². The van der Waals surface area contributed by atoms with Crippen molar-refractivity contribution in [3.8, 4) is 5.75 Å². The van der Waals surface area contributed by atoms with E-state index < -0.39 is 5.54 Å². The van der Waals surface area contributed by atoms with Crippen LogP contribution in [0.2, 0.25) is 0 Å². The van der Waals surface area contributed by atoms with Crippen LogP contribution in [0.5, 0.6) is 5.75 Å². The number of fused-ring (bicyclic) bond motifs is 1. The summed E-state index contributed by atoms with van der Waals surface area (Å²) in [5, 5.41) is 0. The van der Waals surface area contributed by atoms with Gasteiger partial charge in [0, 0.05) is 16.0 Å². The molecule has 0 amide bonds. The van der Waals surface area contributed by atoms with Crippen molar-refractivity contribution in [2.24, 2.45) is 16.6 Å². The standard InChI is InChI=1S/C21H19BrN2O/c1-25-17-11-9-14(10-12-17)21(15-5-4-6-16(22)13-15)19-8-3-2-7-18(19)20(23)24-21/h2-4,6-13,15H,5H2,1H3,(H2,23,24). The van der Waals surface area contributed by atoms with Crippen molar-refractivity contribution in [1.29, 1.82) is 0 Å². The first-order valence-corrected chi connectivity index (χ1v) is 9.08. The Hall–Kier alpha value is -2.33. The summed E-state index contributed by atoms with van der Waals surface area (Å²) in [7, 11) is 1.68. The summed E-state index contributed by atoms with van der Waals surface area (Å²) in [5.74, 6) is 1.62. The lowest BCUT2D eigenvalue weighted by Gasteiger charge is -2.36. The van der Waals surface area contributed by atoms with E-state index in [1.165, 1.54) is 0 Å². The second-order valence-corrected chi connectivity index (χ2v) is 7.25. The molecule has 3 nitrogen and oxygen atoms in total. The lowest BCUT2D eigenvalue weighted by atomic mass is 9.71. The lowest BCUT2D eigenvalue weighted by molar-refractivity contribution is 0.399. The number of nitrogens with zero attached hydrogens (tertiary/aromatic N) is 1. The van der Waals surface area contributed by atoms with Gasteiger partial charge in [-0.3, -0.25) is 4.99 Å². The normalized spacial score (nSPS) is 24.5. The van der Waals surface area contributed by atoms with E-state index in [9.17, 15) is 0 Å². The molecule has 2 N–H and O–H groups in total. The number of allylic oxidation sites excluding steroid dienone is 3. The first-order chi connectivity index (χ1) is 12.1. The average molecular weight is 395 g/mol. The molecule has 2 aromatic carbocycles. The number of amidine groups is 1. The number of aliphatic imine (C=N–C) groups is 1. The number of benzene rings is 2. The fourth-order valence-electron chi connectivity index (χ4n) is 3.85. The Bertz CT molecular complexity index is 898. The number of hydrogen-bond acceptors (Lipinski definition) is 3. The third-order valence-electron chi connectivity index (χ3n) is 5.00. The van der Waals surface area contributed by atoms with Crippen molar-refractivity contribution in [3.05, 3.63) is 87.9 Å². The van der Waals surface area contributed by atoms with Gasteiger partial charge in [-0.05, 0) is 29.7 Å². The third-order valence-corrected chi connectivity index (χ3v) is 5.53. The number of nitrogens with two attached hydrogens (primary N) is 1. The maximum atomic E-state index is 6.33. The zero-order valence-electron chi connectivity index (χ0n) is 13.9. The molecule has 0 fully saturated rings. The second kappa shape index (κ2) is 6.19. The Morgan fingerprint density at radius 2 is 1.92 bits per heavy atom. The molecule has 0 spiro atoms. The van der Waals surface area contributed by atoms with E-state index in [1.807, 2.05) is 18.2 Å². The molecule has 4 rings (SSSR count). The Morgan fingerprint density at radius 3 is 2.64 bits per heavy atom. The first kappa shape index (κ1) is 16.2. The van der Waals surface area contributed by atoms with Gasteiger partial charge < -0.3 is 10.5 Å². The molecule has 0 saturated carbocycles. The summed E-state index contributed by atoms with van der Waals surface area (Å²) in [6.45, 7) is 0. The van der Waals surface area contributed by atoms with E-state index in [4.69, 9.17) is 15.5 Å². The molecule has 4 heteroatoms. The monoisotopic (exact) mass is 394 g/mol. The van der Waals surface area contributed by atoms with Crippen molar-refractivity contribution in [1.82, 2.24) is 0 Å². The first-order valence-electron chi connectivity index (χ1n) is 8.29. The van der Waals surface area contributed by atoms with Crippen LogP contribution in [0.1, 0.15) is 23.1 Å². The Labute approximate surface area is 156 Å². The average Bonchev–Trinajstić information content (AvgIpc) is 2.96. The minimum atomic E-state index is -0.517. The molecular formula is C21H19BrN2O. The molecule has 0 bridgehead atoms. The molecule has 1 heterocycles. The lowest BCUT2D eigenvalue weighted by Crippen LogP contribution is -2.33. The number of rotatable bonds is 3. The van der Waals surface area contributed by atoms with Crippen LogP contribution in [0.25, 0.3) is 0 Å². The smallest absolute Gasteiger partial charge is 0.127 e. The highest BCUT2D eigenvalue weighted by molar-refractivity contribution is 9.11. The largest absolute Gasteiger partial charge is 0.497 e. The molecule has 0 saturated heterocycles. The van der Waals surface area contributed by atoms with E-state index in [1.54, 1.807) is 7.11 Å². The van der Waals surface area contributed by atoms with Gasteiger partial charge in [0.2, 0.25) is 0 Å². The van der Waals surface area contributed by atoms with E-state index >= 15 is 0 Å². The fourth-order valence-corrected chi connectivity index (χ4v) is 4.35. The molecule has 1 aliphatic carbocycles. The van der Waals surface area contributed by atoms with Crippen molar-refractivity contribution in [2.45, 2.75) is 12.0 Å². The molecule has 2 unspecified atom stereocenters. The third kappa shape index (κ3) is 2.52. The van der Waals surface area contributed by atoms with Crippen LogP contribution in [-0.2, 0) is 5.54 Å². The Morgan fingerprint density at radius 1 is 1.16 bits per heavy atom. The van der Waals surface area contributed by atoms with Gasteiger partial charge in [-0.1, -0.05) is 70.6 Å². The molecule has 0 aromatic heterocycles. The molecular weight excluding hydrogens is 376 g/mol. The quantitative estimate of drug-likeness (QED) is 0.831. The highest BCUT2D eigenvalue weighted by Gasteiger charge is 2.46. The van der Waals surface area contributed by atoms with E-state index in [-0.39, 0.29) is 5.92 Å². The van der Waals surface area contributed by atoms with Crippen molar-refractivity contribution < 1.29 is 4.74 Å². The van der Waals surface area contributed by atoms with Crippen LogP contribution in [0.15, 0.2) is 76.2 Å². The summed E-state index contributed by atoms with van der Waals surface area (Å²) in [4.78, 5) is 5.03. The van der Waals surface area contributed by atoms with Crippen LogP contribution < -0.4 is 10.5 Å². The molecule has 2 aliphatic rings. The predicted octanol–water partition coefficient (Wildman–Crippen LogP) is 4.51. The van der Waals surface area contributed by atoms with E-state index in [0.29, 0.717) is 5.84 Å². The van der Waals surface area contributed by atoms with Gasteiger partial charge in [0.1, 0.15) is 17.1 Å². The van der Waals surface area contributed by atoms with Gasteiger partial charge in [-0.25, -0.2) is 0 Å². The maximum Gasteiger partial charge on any atom is 0.127 e. The van der Waals surface area contributed by atoms with E-state index in [2.05, 4.69) is 64.5 Å². The van der Waals surface area contributed by atoms with Crippen LogP contribution in [0.4, 0.5) is 0 Å². The molecule has 2 aromatic rings.